The van der Waals surface area contributed by atoms with Crippen LogP contribution in [0.4, 0.5) is 5.69 Å². The van der Waals surface area contributed by atoms with Crippen LogP contribution in [-0.2, 0) is 50.3 Å². The molecule has 1 unspecified atom stereocenters. The van der Waals surface area contributed by atoms with Crippen LogP contribution in [-0.4, -0.2) is 63.8 Å². The van der Waals surface area contributed by atoms with Crippen LogP contribution in [0.1, 0.15) is 62.8 Å². The van der Waals surface area contributed by atoms with Crippen molar-refractivity contribution in [1.29, 1.82) is 0 Å². The maximum atomic E-state index is 14.2. The summed E-state index contributed by atoms with van der Waals surface area (Å²) in [6.45, 7) is 3.90. The predicted octanol–water partition coefficient (Wildman–Crippen LogP) is 8.03. The molecule has 8 rings (SSSR count). The SMILES string of the molecule is COc1cc2c(cc1OC)CN(C[C@H]1OC(c3cccc(NC(=O)[C@@H](Cc4ccccc4)NS(=O)(=O)c4ccc(C)cc4)c3)O[C@@H](c3ccc(CO)cc3)[C@@H]1c1ccccc1)CC2. The van der Waals surface area contributed by atoms with Gasteiger partial charge in [0.15, 0.2) is 17.8 Å². The van der Waals surface area contributed by atoms with Crippen molar-refractivity contribution in [2.75, 3.05) is 32.6 Å². The quantitative estimate of drug-likeness (QED) is 0.0938. The first kappa shape index (κ1) is 43.8. The van der Waals surface area contributed by atoms with E-state index in [0.717, 1.165) is 40.8 Å². The zero-order valence-electron chi connectivity index (χ0n) is 35.6. The summed E-state index contributed by atoms with van der Waals surface area (Å²) in [5.74, 6) is 0.683. The molecule has 2 aliphatic heterocycles. The van der Waals surface area contributed by atoms with Crippen LogP contribution in [0.15, 0.2) is 150 Å². The number of carbonyl (C=O) groups is 1. The maximum Gasteiger partial charge on any atom is 0.242 e. The smallest absolute Gasteiger partial charge is 0.242 e. The number of aryl methyl sites for hydroxylation is 1. The summed E-state index contributed by atoms with van der Waals surface area (Å²) < 4.78 is 55.2. The Kier molecular flexibility index (Phi) is 13.7. The number of amides is 1. The molecule has 0 bridgehead atoms. The highest BCUT2D eigenvalue weighted by Gasteiger charge is 2.43. The molecule has 6 aromatic carbocycles. The molecule has 2 heterocycles. The fraction of sp³-hybridized carbons (Fsp3) is 0.275. The second kappa shape index (κ2) is 19.7. The molecule has 0 spiro atoms. The van der Waals surface area contributed by atoms with E-state index in [1.165, 1.54) is 23.3 Å². The van der Waals surface area contributed by atoms with Gasteiger partial charge in [0.25, 0.3) is 0 Å². The third-order valence-electron chi connectivity index (χ3n) is 11.9. The highest BCUT2D eigenvalue weighted by Crippen LogP contribution is 2.47. The van der Waals surface area contributed by atoms with E-state index in [9.17, 15) is 18.3 Å². The number of sulfonamides is 1. The number of aliphatic hydroxyl groups is 1. The minimum atomic E-state index is -4.05. The maximum absolute atomic E-state index is 14.2. The first-order valence-electron chi connectivity index (χ1n) is 21.2. The van der Waals surface area contributed by atoms with Gasteiger partial charge in [0.2, 0.25) is 15.9 Å². The van der Waals surface area contributed by atoms with Gasteiger partial charge in [-0.1, -0.05) is 115 Å². The Morgan fingerprint density at radius 2 is 1.43 bits per heavy atom. The number of carbonyl (C=O) groups excluding carboxylic acids is 1. The van der Waals surface area contributed by atoms with Gasteiger partial charge in [0.1, 0.15) is 6.04 Å². The third-order valence-corrected chi connectivity index (χ3v) is 13.3. The fourth-order valence-corrected chi connectivity index (χ4v) is 9.72. The summed E-state index contributed by atoms with van der Waals surface area (Å²) >= 11 is 0. The van der Waals surface area contributed by atoms with Crippen LogP contribution in [0.2, 0.25) is 0 Å². The van der Waals surface area contributed by atoms with Crippen LogP contribution >= 0.6 is 0 Å². The number of hydrogen-bond acceptors (Lipinski definition) is 9. The molecular formula is C51H53N3O8S. The molecule has 0 radical (unpaired) electrons. The number of rotatable bonds is 15. The van der Waals surface area contributed by atoms with Crippen molar-refractivity contribution in [3.63, 3.8) is 0 Å². The lowest BCUT2D eigenvalue weighted by Gasteiger charge is -2.45. The predicted molar refractivity (Wildman–Crippen MR) is 242 cm³/mol. The monoisotopic (exact) mass is 867 g/mol. The molecule has 1 saturated heterocycles. The third kappa shape index (κ3) is 10.3. The molecule has 63 heavy (non-hydrogen) atoms. The molecular weight excluding hydrogens is 815 g/mol. The number of anilines is 1. The number of ether oxygens (including phenoxy) is 4. The van der Waals surface area contributed by atoms with Crippen molar-refractivity contribution in [3.05, 3.63) is 190 Å². The van der Waals surface area contributed by atoms with Crippen molar-refractivity contribution < 1.29 is 37.3 Å². The van der Waals surface area contributed by atoms with Crippen LogP contribution < -0.4 is 19.5 Å². The van der Waals surface area contributed by atoms with Gasteiger partial charge in [-0.15, -0.1) is 0 Å². The standard InChI is InChI=1S/C51H53N3O8S/c1-34-17-23-43(24-18-34)63(57,58)53-44(27-35-11-6-4-7-12-35)50(56)52-42-16-10-15-40(28-42)51-61-47(32-54-26-25-39-29-45(59-2)46(60-3)30-41(39)31-54)48(37-13-8-5-9-14-37)49(62-51)38-21-19-36(33-55)20-22-38/h4-24,28-30,44,47-49,51,53,55H,25-27,31-33H2,1-3H3,(H,52,56)/t44-,47-,48-,49+,51?/m1/s1. The molecule has 2 aliphatic rings. The van der Waals surface area contributed by atoms with Gasteiger partial charge < -0.3 is 29.4 Å². The second-order valence-electron chi connectivity index (χ2n) is 16.2. The van der Waals surface area contributed by atoms with Crippen molar-refractivity contribution in [2.24, 2.45) is 0 Å². The molecule has 6 aromatic rings. The Bertz CT molecular complexity index is 2590. The number of nitrogens with one attached hydrogen (secondary N) is 2. The summed E-state index contributed by atoms with van der Waals surface area (Å²) in [4.78, 5) is 16.6. The van der Waals surface area contributed by atoms with Crippen molar-refractivity contribution in [2.45, 2.75) is 68.3 Å². The molecule has 0 aliphatic carbocycles. The van der Waals surface area contributed by atoms with Gasteiger partial charge in [-0.05, 0) is 89.5 Å². The molecule has 3 N–H and O–H groups in total. The Morgan fingerprint density at radius 1 is 0.762 bits per heavy atom. The molecule has 11 nitrogen and oxygen atoms in total. The largest absolute Gasteiger partial charge is 0.493 e. The van der Waals surface area contributed by atoms with Gasteiger partial charge in [0, 0.05) is 36.8 Å². The van der Waals surface area contributed by atoms with E-state index >= 15 is 0 Å². The number of methoxy groups -OCH3 is 2. The van der Waals surface area contributed by atoms with Crippen molar-refractivity contribution >= 4 is 21.6 Å². The summed E-state index contributed by atoms with van der Waals surface area (Å²) in [5.41, 5.74) is 8.06. The van der Waals surface area contributed by atoms with Crippen molar-refractivity contribution in [3.8, 4) is 11.5 Å². The summed E-state index contributed by atoms with van der Waals surface area (Å²) in [6, 6.07) is 44.3. The average molecular weight is 868 g/mol. The Morgan fingerprint density at radius 3 is 2.11 bits per heavy atom. The zero-order valence-corrected chi connectivity index (χ0v) is 36.5. The zero-order chi connectivity index (χ0) is 43.9. The lowest BCUT2D eigenvalue weighted by molar-refractivity contribution is -0.263. The Balaban J connectivity index is 1.10. The van der Waals surface area contributed by atoms with Gasteiger partial charge in [0.05, 0.1) is 37.9 Å². The highest BCUT2D eigenvalue weighted by molar-refractivity contribution is 7.89. The van der Waals surface area contributed by atoms with Crippen LogP contribution in [0.5, 0.6) is 11.5 Å². The molecule has 0 saturated carbocycles. The molecule has 326 valence electrons. The van der Waals surface area contributed by atoms with Crippen LogP contribution in [0.3, 0.4) is 0 Å². The second-order valence-corrected chi connectivity index (χ2v) is 17.9. The molecule has 12 heteroatoms. The van der Waals surface area contributed by atoms with E-state index in [2.05, 4.69) is 39.2 Å². The normalized spacial score (nSPS) is 19.4. The fourth-order valence-electron chi connectivity index (χ4n) is 8.52. The van der Waals surface area contributed by atoms with Gasteiger partial charge >= 0.3 is 0 Å². The summed E-state index contributed by atoms with van der Waals surface area (Å²) in [7, 11) is -0.745. The molecule has 1 amide bonds. The molecule has 1 fully saturated rings. The van der Waals surface area contributed by atoms with Crippen LogP contribution in [0, 0.1) is 6.92 Å². The summed E-state index contributed by atoms with van der Waals surface area (Å²) in [5, 5.41) is 12.9. The minimum absolute atomic E-state index is 0.0743. The lowest BCUT2D eigenvalue weighted by atomic mass is 9.82. The van der Waals surface area contributed by atoms with Gasteiger partial charge in [-0.2, -0.15) is 4.72 Å². The average Bonchev–Trinajstić information content (AvgIpc) is 3.31. The highest BCUT2D eigenvalue weighted by atomic mass is 32.2. The molecule has 5 atom stereocenters. The van der Waals surface area contributed by atoms with Gasteiger partial charge in [-0.3, -0.25) is 9.69 Å². The van der Waals surface area contributed by atoms with Crippen LogP contribution in [0.25, 0.3) is 0 Å². The number of nitrogens with zero attached hydrogens (tertiary/aromatic N) is 1. The number of fused-ring (bicyclic) bond motifs is 1. The first-order valence-corrected chi connectivity index (χ1v) is 22.6. The minimum Gasteiger partial charge on any atom is -0.493 e. The Hall–Kier alpha value is -5.86. The summed E-state index contributed by atoms with van der Waals surface area (Å²) in [6.07, 6.45) is -0.670. The lowest BCUT2D eigenvalue weighted by Crippen LogP contribution is -2.45. The van der Waals surface area contributed by atoms with E-state index in [4.69, 9.17) is 18.9 Å². The van der Waals surface area contributed by atoms with E-state index in [-0.39, 0.29) is 29.9 Å². The first-order chi connectivity index (χ1) is 30.6. The van der Waals surface area contributed by atoms with Gasteiger partial charge in [-0.25, -0.2) is 8.42 Å². The molecule has 0 aromatic heterocycles. The topological polar surface area (TPSA) is 136 Å². The van der Waals surface area contributed by atoms with E-state index in [1.807, 2.05) is 97.9 Å². The van der Waals surface area contributed by atoms with Crippen molar-refractivity contribution in [1.82, 2.24) is 9.62 Å². The Labute approximate surface area is 369 Å². The van der Waals surface area contributed by atoms with E-state index < -0.39 is 34.4 Å². The van der Waals surface area contributed by atoms with E-state index in [0.29, 0.717) is 35.8 Å². The van der Waals surface area contributed by atoms with E-state index in [1.54, 1.807) is 32.4 Å². The number of aliphatic hydroxyl groups excluding tert-OH is 1. The number of benzene rings is 6. The number of hydrogen-bond donors (Lipinski definition) is 3.